The van der Waals surface area contributed by atoms with Gasteiger partial charge in [-0.15, -0.1) is 13.2 Å². The van der Waals surface area contributed by atoms with E-state index in [0.717, 1.165) is 38.1 Å². The van der Waals surface area contributed by atoms with E-state index in [9.17, 15) is 18.0 Å². The molecule has 12 heteroatoms. The van der Waals surface area contributed by atoms with Crippen LogP contribution in [0.4, 0.5) is 41.2 Å². The summed E-state index contributed by atoms with van der Waals surface area (Å²) >= 11 is 0. The number of hydrogen-bond acceptors (Lipinski definition) is 7. The summed E-state index contributed by atoms with van der Waals surface area (Å²) in [5, 5.41) is 11.7. The zero-order chi connectivity index (χ0) is 22.4. The lowest BCUT2D eigenvalue weighted by molar-refractivity contribution is -0.274. The Balaban J connectivity index is 1.65. The van der Waals surface area contributed by atoms with Crippen LogP contribution >= 0.6 is 0 Å². The molecule has 168 valence electrons. The monoisotopic (exact) mass is 439 g/mol. The van der Waals surface area contributed by atoms with Crippen molar-refractivity contribution in [2.24, 2.45) is 0 Å². The minimum absolute atomic E-state index is 0.0898. The third-order valence-electron chi connectivity index (χ3n) is 4.39. The number of benzene rings is 1. The number of carbonyl (C=O) groups excluding carboxylic acids is 1. The van der Waals surface area contributed by atoms with Crippen molar-refractivity contribution in [3.8, 4) is 5.75 Å². The van der Waals surface area contributed by atoms with E-state index in [2.05, 4.69) is 36.0 Å². The Hall–Kier alpha value is -3.28. The highest BCUT2D eigenvalue weighted by Crippen LogP contribution is 2.24. The molecule has 1 aromatic carbocycles. The highest BCUT2D eigenvalue weighted by atomic mass is 19.4. The maximum absolute atomic E-state index is 12.3. The van der Waals surface area contributed by atoms with Gasteiger partial charge in [0, 0.05) is 38.4 Å². The first-order chi connectivity index (χ1) is 14.7. The first-order valence-electron chi connectivity index (χ1n) is 9.65. The lowest BCUT2D eigenvalue weighted by atomic mass is 10.1. The molecule has 31 heavy (non-hydrogen) atoms. The number of nitrogens with zero attached hydrogens (tertiary/aromatic N) is 3. The fourth-order valence-corrected chi connectivity index (χ4v) is 2.98. The van der Waals surface area contributed by atoms with Crippen LogP contribution in [0.3, 0.4) is 0 Å². The predicted octanol–water partition coefficient (Wildman–Crippen LogP) is 3.25. The second-order valence-corrected chi connectivity index (χ2v) is 7.17. The summed E-state index contributed by atoms with van der Waals surface area (Å²) in [4.78, 5) is 22.8. The Morgan fingerprint density at radius 2 is 1.94 bits per heavy atom. The summed E-state index contributed by atoms with van der Waals surface area (Å²) in [6.07, 6.45) is -2.71. The first kappa shape index (κ1) is 22.4. The molecule has 1 aliphatic heterocycles. The molecule has 0 aliphatic carbocycles. The van der Waals surface area contributed by atoms with Crippen LogP contribution in [0.5, 0.6) is 5.75 Å². The molecule has 1 fully saturated rings. The number of halogens is 3. The maximum atomic E-state index is 12.3. The van der Waals surface area contributed by atoms with Crippen molar-refractivity contribution in [3.05, 3.63) is 30.3 Å². The highest BCUT2D eigenvalue weighted by molar-refractivity contribution is 5.98. The van der Waals surface area contributed by atoms with E-state index in [-0.39, 0.29) is 23.4 Å². The predicted molar refractivity (Wildman–Crippen MR) is 112 cm³/mol. The van der Waals surface area contributed by atoms with E-state index in [1.54, 1.807) is 11.0 Å². The van der Waals surface area contributed by atoms with Crippen LogP contribution < -0.4 is 30.9 Å². The van der Waals surface area contributed by atoms with Gasteiger partial charge in [0.2, 0.25) is 5.95 Å². The minimum Gasteiger partial charge on any atom is -0.406 e. The number of amides is 2. The van der Waals surface area contributed by atoms with Gasteiger partial charge in [0.05, 0.1) is 0 Å². The van der Waals surface area contributed by atoms with E-state index >= 15 is 0 Å². The molecule has 2 aromatic rings. The lowest BCUT2D eigenvalue weighted by Crippen LogP contribution is -2.38. The Kier molecular flexibility index (Phi) is 7.00. The van der Waals surface area contributed by atoms with Crippen molar-refractivity contribution in [2.75, 3.05) is 48.0 Å². The van der Waals surface area contributed by atoms with Gasteiger partial charge in [0.25, 0.3) is 0 Å². The van der Waals surface area contributed by atoms with Crippen LogP contribution in [-0.2, 0) is 0 Å². The van der Waals surface area contributed by atoms with E-state index in [4.69, 9.17) is 0 Å². The largest absolute Gasteiger partial charge is 0.573 e. The molecular formula is C19H24F3N7O2. The molecule has 1 aromatic heterocycles. The highest BCUT2D eigenvalue weighted by Gasteiger charge is 2.31. The average Bonchev–Trinajstić information content (AvgIpc) is 2.69. The molecule has 0 bridgehead atoms. The van der Waals surface area contributed by atoms with Crippen molar-refractivity contribution in [1.82, 2.24) is 15.3 Å². The molecule has 1 unspecified atom stereocenters. The minimum atomic E-state index is -4.78. The number of alkyl halides is 3. The number of aromatic nitrogens is 2. The van der Waals surface area contributed by atoms with Crippen molar-refractivity contribution in [3.63, 3.8) is 0 Å². The third-order valence-corrected chi connectivity index (χ3v) is 4.39. The summed E-state index contributed by atoms with van der Waals surface area (Å²) < 4.78 is 40.5. The standard InChI is InChI=1S/C19H24F3N7O2/c1-29(2)16-10-15(24-13-4-3-9-23-11-13)26-17(27-16)28-18(30)25-12-5-7-14(8-6-12)31-19(20,21)22/h5-8,10,13,23H,3-4,9,11H2,1-2H3,(H3,24,25,26,27,28,30). The summed E-state index contributed by atoms with van der Waals surface area (Å²) in [7, 11) is 3.64. The molecule has 2 amide bonds. The number of nitrogens with one attached hydrogen (secondary N) is 4. The molecule has 4 N–H and O–H groups in total. The van der Waals surface area contributed by atoms with Gasteiger partial charge < -0.3 is 25.6 Å². The first-order valence-corrected chi connectivity index (χ1v) is 9.65. The number of urea groups is 1. The topological polar surface area (TPSA) is 103 Å². The van der Waals surface area contributed by atoms with Gasteiger partial charge in [-0.2, -0.15) is 9.97 Å². The van der Waals surface area contributed by atoms with Crippen molar-refractivity contribution in [1.29, 1.82) is 0 Å². The molecule has 1 atom stereocenters. The summed E-state index contributed by atoms with van der Waals surface area (Å²) in [5.41, 5.74) is 0.280. The molecule has 9 nitrogen and oxygen atoms in total. The summed E-state index contributed by atoms with van der Waals surface area (Å²) in [6, 6.07) is 6.17. The van der Waals surface area contributed by atoms with Crippen molar-refractivity contribution in [2.45, 2.75) is 25.2 Å². The number of ether oxygens (including phenoxy) is 1. The van der Waals surface area contributed by atoms with Crippen LogP contribution in [0.15, 0.2) is 30.3 Å². The van der Waals surface area contributed by atoms with Gasteiger partial charge in [-0.25, -0.2) is 4.79 Å². The van der Waals surface area contributed by atoms with Gasteiger partial charge >= 0.3 is 12.4 Å². The Morgan fingerprint density at radius 1 is 1.19 bits per heavy atom. The van der Waals surface area contributed by atoms with E-state index in [0.29, 0.717) is 11.6 Å². The molecular weight excluding hydrogens is 415 g/mol. The molecule has 0 saturated carbocycles. The zero-order valence-electron chi connectivity index (χ0n) is 17.1. The zero-order valence-corrected chi connectivity index (χ0v) is 17.1. The average molecular weight is 439 g/mol. The number of piperidine rings is 1. The van der Waals surface area contributed by atoms with Crippen LogP contribution in [0.1, 0.15) is 12.8 Å². The van der Waals surface area contributed by atoms with Crippen LogP contribution in [0.2, 0.25) is 0 Å². The Morgan fingerprint density at radius 3 is 2.55 bits per heavy atom. The van der Waals surface area contributed by atoms with Crippen molar-refractivity contribution >= 4 is 29.3 Å². The third kappa shape index (κ3) is 7.17. The lowest BCUT2D eigenvalue weighted by Gasteiger charge is -2.25. The Labute approximate surface area is 177 Å². The number of hydrogen-bond donors (Lipinski definition) is 4. The van der Waals surface area contributed by atoms with Gasteiger partial charge in [0.15, 0.2) is 0 Å². The van der Waals surface area contributed by atoms with Gasteiger partial charge in [0.1, 0.15) is 17.4 Å². The SMILES string of the molecule is CN(C)c1cc(NC2CCCNC2)nc(NC(=O)Nc2ccc(OC(F)(F)F)cc2)n1. The maximum Gasteiger partial charge on any atom is 0.573 e. The smallest absolute Gasteiger partial charge is 0.406 e. The van der Waals surface area contributed by atoms with E-state index < -0.39 is 12.4 Å². The van der Waals surface area contributed by atoms with Crippen LogP contribution in [-0.4, -0.2) is 55.6 Å². The number of rotatable bonds is 6. The van der Waals surface area contributed by atoms with E-state index in [1.807, 2.05) is 14.1 Å². The summed E-state index contributed by atoms with van der Waals surface area (Å²) in [5.74, 6) is 0.891. The molecule has 1 saturated heterocycles. The second kappa shape index (κ2) is 9.69. The summed E-state index contributed by atoms with van der Waals surface area (Å²) in [6.45, 7) is 1.81. The fourth-order valence-electron chi connectivity index (χ4n) is 2.98. The van der Waals surface area contributed by atoms with Crippen LogP contribution in [0.25, 0.3) is 0 Å². The van der Waals surface area contributed by atoms with Gasteiger partial charge in [-0.1, -0.05) is 0 Å². The van der Waals surface area contributed by atoms with Crippen LogP contribution in [0, 0.1) is 0 Å². The molecule has 1 aliphatic rings. The molecule has 3 rings (SSSR count). The molecule has 2 heterocycles. The van der Waals surface area contributed by atoms with Gasteiger partial charge in [-0.3, -0.25) is 5.32 Å². The molecule has 0 radical (unpaired) electrons. The fraction of sp³-hybridized carbons (Fsp3) is 0.421. The quantitative estimate of drug-likeness (QED) is 0.548. The second-order valence-electron chi connectivity index (χ2n) is 7.17. The van der Waals surface area contributed by atoms with Gasteiger partial charge in [-0.05, 0) is 43.7 Å². The normalized spacial score (nSPS) is 16.4. The molecule has 0 spiro atoms. The van der Waals surface area contributed by atoms with Crippen molar-refractivity contribution < 1.29 is 22.7 Å². The number of anilines is 4. The van der Waals surface area contributed by atoms with E-state index in [1.165, 1.54) is 12.1 Å². The number of carbonyl (C=O) groups is 1. The Bertz CT molecular complexity index is 885.